The number of nitrogens with zero attached hydrogens (tertiary/aromatic N) is 3. The molecule has 1 aromatic heterocycles. The number of aliphatic hydroxyl groups is 1. The van der Waals surface area contributed by atoms with Gasteiger partial charge in [0, 0.05) is 18.3 Å². The number of hydrogen-bond donors (Lipinski definition) is 1. The molecule has 1 aromatic carbocycles. The minimum Gasteiger partial charge on any atom is -0.387 e. The Bertz CT molecular complexity index is 573. The van der Waals surface area contributed by atoms with E-state index in [0.717, 1.165) is 11.3 Å². The third kappa shape index (κ3) is 2.23. The lowest BCUT2D eigenvalue weighted by molar-refractivity contribution is -0.384. The van der Waals surface area contributed by atoms with Gasteiger partial charge in [-0.3, -0.25) is 10.1 Å². The highest BCUT2D eigenvalue weighted by Crippen LogP contribution is 2.19. The monoisotopic (exact) mass is 247 g/mol. The number of benzene rings is 1. The van der Waals surface area contributed by atoms with E-state index < -0.39 is 11.0 Å². The van der Waals surface area contributed by atoms with Gasteiger partial charge >= 0.3 is 0 Å². The molecule has 0 bridgehead atoms. The molecule has 1 unspecified atom stereocenters. The van der Waals surface area contributed by atoms with Crippen LogP contribution in [0.25, 0.3) is 5.69 Å². The van der Waals surface area contributed by atoms with Crippen LogP contribution < -0.4 is 0 Å². The molecule has 94 valence electrons. The Hall–Kier alpha value is -2.21. The van der Waals surface area contributed by atoms with Crippen LogP contribution in [0.15, 0.2) is 30.5 Å². The van der Waals surface area contributed by atoms with Crippen molar-refractivity contribution in [2.24, 2.45) is 0 Å². The van der Waals surface area contributed by atoms with Gasteiger partial charge < -0.3 is 5.11 Å². The summed E-state index contributed by atoms with van der Waals surface area (Å²) in [5.41, 5.74) is 2.24. The number of non-ortho nitro benzene ring substituents is 1. The van der Waals surface area contributed by atoms with Crippen molar-refractivity contribution in [3.8, 4) is 5.69 Å². The van der Waals surface area contributed by atoms with Crippen molar-refractivity contribution in [1.82, 2.24) is 9.78 Å². The fourth-order valence-corrected chi connectivity index (χ4v) is 1.75. The SMILES string of the molecule is Cc1cn(-c2ccc([N+](=O)[O-])cc2)nc1C(C)O. The van der Waals surface area contributed by atoms with Gasteiger partial charge in [-0.2, -0.15) is 5.10 Å². The van der Waals surface area contributed by atoms with E-state index in [-0.39, 0.29) is 5.69 Å². The Morgan fingerprint density at radius 1 is 1.39 bits per heavy atom. The first-order chi connectivity index (χ1) is 8.49. The minimum atomic E-state index is -0.635. The quantitative estimate of drug-likeness (QED) is 0.665. The van der Waals surface area contributed by atoms with Crippen molar-refractivity contribution < 1.29 is 10.0 Å². The predicted molar refractivity (Wildman–Crippen MR) is 65.6 cm³/mol. The van der Waals surface area contributed by atoms with Crippen LogP contribution in [0.3, 0.4) is 0 Å². The molecule has 2 aromatic rings. The highest BCUT2D eigenvalue weighted by atomic mass is 16.6. The topological polar surface area (TPSA) is 81.2 Å². The predicted octanol–water partition coefficient (Wildman–Crippen LogP) is 2.14. The number of aromatic nitrogens is 2. The number of aryl methyl sites for hydroxylation is 1. The lowest BCUT2D eigenvalue weighted by Crippen LogP contribution is -1.99. The Morgan fingerprint density at radius 3 is 2.44 bits per heavy atom. The van der Waals surface area contributed by atoms with Crippen molar-refractivity contribution in [1.29, 1.82) is 0 Å². The first-order valence-electron chi connectivity index (χ1n) is 5.48. The summed E-state index contributed by atoms with van der Waals surface area (Å²) in [7, 11) is 0. The van der Waals surface area contributed by atoms with Gasteiger partial charge in [0.1, 0.15) is 0 Å². The van der Waals surface area contributed by atoms with Crippen molar-refractivity contribution in [2.45, 2.75) is 20.0 Å². The van der Waals surface area contributed by atoms with E-state index in [9.17, 15) is 15.2 Å². The maximum Gasteiger partial charge on any atom is 0.269 e. The van der Waals surface area contributed by atoms with Gasteiger partial charge in [-0.25, -0.2) is 4.68 Å². The van der Waals surface area contributed by atoms with Gasteiger partial charge in [-0.1, -0.05) is 0 Å². The Morgan fingerprint density at radius 2 is 2.00 bits per heavy atom. The molecule has 0 fully saturated rings. The average molecular weight is 247 g/mol. The Kier molecular flexibility index (Phi) is 3.12. The normalized spacial score (nSPS) is 12.4. The zero-order valence-electron chi connectivity index (χ0n) is 10.1. The molecule has 1 atom stereocenters. The van der Waals surface area contributed by atoms with Crippen LogP contribution in [0.2, 0.25) is 0 Å². The number of aliphatic hydroxyl groups excluding tert-OH is 1. The highest BCUT2D eigenvalue weighted by Gasteiger charge is 2.12. The van der Waals surface area contributed by atoms with Crippen LogP contribution in [0.1, 0.15) is 24.3 Å². The highest BCUT2D eigenvalue weighted by molar-refractivity contribution is 5.41. The van der Waals surface area contributed by atoms with Crippen molar-refractivity contribution in [3.05, 3.63) is 51.8 Å². The largest absolute Gasteiger partial charge is 0.387 e. The summed E-state index contributed by atoms with van der Waals surface area (Å²) in [5, 5.41) is 24.3. The molecule has 0 spiro atoms. The standard InChI is InChI=1S/C12H13N3O3/c1-8-7-14(13-12(8)9(2)16)10-3-5-11(6-4-10)15(17)18/h3-7,9,16H,1-2H3. The molecule has 0 saturated carbocycles. The molecule has 0 aliphatic heterocycles. The van der Waals surface area contributed by atoms with E-state index in [1.54, 1.807) is 29.9 Å². The lowest BCUT2D eigenvalue weighted by Gasteiger charge is -2.01. The first kappa shape index (κ1) is 12.3. The van der Waals surface area contributed by atoms with Gasteiger partial charge in [0.25, 0.3) is 5.69 Å². The molecule has 0 radical (unpaired) electrons. The molecule has 0 amide bonds. The summed E-state index contributed by atoms with van der Waals surface area (Å²) in [6.07, 6.45) is 1.15. The average Bonchev–Trinajstić information content (AvgIpc) is 2.71. The smallest absolute Gasteiger partial charge is 0.269 e. The molecule has 6 heteroatoms. The second-order valence-corrected chi connectivity index (χ2v) is 4.09. The molecular weight excluding hydrogens is 234 g/mol. The maximum absolute atomic E-state index is 10.5. The summed E-state index contributed by atoms with van der Waals surface area (Å²) < 4.78 is 1.60. The van der Waals surface area contributed by atoms with Gasteiger partial charge in [0.05, 0.1) is 22.4 Å². The minimum absolute atomic E-state index is 0.0402. The van der Waals surface area contributed by atoms with E-state index in [2.05, 4.69) is 5.10 Å². The lowest BCUT2D eigenvalue weighted by atomic mass is 10.2. The zero-order chi connectivity index (χ0) is 13.3. The van der Waals surface area contributed by atoms with E-state index >= 15 is 0 Å². The van der Waals surface area contributed by atoms with Crippen molar-refractivity contribution in [2.75, 3.05) is 0 Å². The summed E-state index contributed by atoms with van der Waals surface area (Å²) in [4.78, 5) is 10.1. The van der Waals surface area contributed by atoms with Crippen LogP contribution in [-0.4, -0.2) is 19.8 Å². The Balaban J connectivity index is 2.37. The second-order valence-electron chi connectivity index (χ2n) is 4.09. The molecule has 6 nitrogen and oxygen atoms in total. The second kappa shape index (κ2) is 4.58. The summed E-state index contributed by atoms with van der Waals surface area (Å²) in [6.45, 7) is 3.51. The molecule has 0 aliphatic carbocycles. The molecular formula is C12H13N3O3. The fraction of sp³-hybridized carbons (Fsp3) is 0.250. The molecule has 2 rings (SSSR count). The molecule has 0 saturated heterocycles. The van der Waals surface area contributed by atoms with Crippen molar-refractivity contribution in [3.63, 3.8) is 0 Å². The van der Waals surface area contributed by atoms with E-state index in [4.69, 9.17) is 0 Å². The maximum atomic E-state index is 10.5. The Labute approximate surface area is 104 Å². The number of rotatable bonds is 3. The molecule has 18 heavy (non-hydrogen) atoms. The summed E-state index contributed by atoms with van der Waals surface area (Å²) in [6, 6.07) is 6.09. The van der Waals surface area contributed by atoms with Gasteiger partial charge in [0.2, 0.25) is 0 Å². The van der Waals surface area contributed by atoms with Crippen LogP contribution in [0, 0.1) is 17.0 Å². The number of nitro groups is 1. The molecule has 1 heterocycles. The van der Waals surface area contributed by atoms with Crippen LogP contribution in [-0.2, 0) is 0 Å². The first-order valence-corrected chi connectivity index (χ1v) is 5.48. The van der Waals surface area contributed by atoms with Gasteiger partial charge in [0.15, 0.2) is 0 Å². The summed E-state index contributed by atoms with van der Waals surface area (Å²) >= 11 is 0. The third-order valence-electron chi connectivity index (χ3n) is 2.66. The number of hydrogen-bond acceptors (Lipinski definition) is 4. The van der Waals surface area contributed by atoms with Crippen molar-refractivity contribution >= 4 is 5.69 Å². The zero-order valence-corrected chi connectivity index (χ0v) is 10.1. The molecule has 0 aliphatic rings. The fourth-order valence-electron chi connectivity index (χ4n) is 1.75. The van der Waals surface area contributed by atoms with E-state index in [1.165, 1.54) is 12.1 Å². The van der Waals surface area contributed by atoms with Crippen LogP contribution in [0.5, 0.6) is 0 Å². The van der Waals surface area contributed by atoms with Gasteiger partial charge in [-0.05, 0) is 31.5 Å². The van der Waals surface area contributed by atoms with Crippen LogP contribution in [0.4, 0.5) is 5.69 Å². The van der Waals surface area contributed by atoms with E-state index in [1.807, 2.05) is 6.92 Å². The van der Waals surface area contributed by atoms with Crippen LogP contribution >= 0.6 is 0 Å². The van der Waals surface area contributed by atoms with Gasteiger partial charge in [-0.15, -0.1) is 0 Å². The number of nitro benzene ring substituents is 1. The third-order valence-corrected chi connectivity index (χ3v) is 2.66. The summed E-state index contributed by atoms with van der Waals surface area (Å²) in [5.74, 6) is 0. The molecule has 1 N–H and O–H groups in total. The van der Waals surface area contributed by atoms with E-state index in [0.29, 0.717) is 5.69 Å².